The Hall–Kier alpha value is -2.98. The van der Waals surface area contributed by atoms with E-state index in [0.717, 1.165) is 34.5 Å². The van der Waals surface area contributed by atoms with Gasteiger partial charge in [-0.25, -0.2) is 18.1 Å². The molecule has 3 aromatic rings. The fourth-order valence-electron chi connectivity index (χ4n) is 2.55. The van der Waals surface area contributed by atoms with E-state index >= 15 is 0 Å². The fourth-order valence-corrected chi connectivity index (χ4v) is 2.97. The van der Waals surface area contributed by atoms with Gasteiger partial charge < -0.3 is 10.6 Å². The lowest BCUT2D eigenvalue weighted by atomic mass is 10.1. The molecule has 0 saturated carbocycles. The molecule has 0 aliphatic heterocycles. The van der Waals surface area contributed by atoms with Crippen LogP contribution in [0.3, 0.4) is 0 Å². The van der Waals surface area contributed by atoms with Gasteiger partial charge in [0.25, 0.3) is 0 Å². The molecule has 0 spiro atoms. The molecule has 1 aromatic carbocycles. The van der Waals surface area contributed by atoms with Crippen molar-refractivity contribution in [2.24, 2.45) is 7.05 Å². The van der Waals surface area contributed by atoms with Crippen LogP contribution in [0.5, 0.6) is 0 Å². The Balaban J connectivity index is 1.66. The maximum absolute atomic E-state index is 11.3. The Morgan fingerprint density at radius 1 is 1.14 bits per heavy atom. The third-order valence-corrected chi connectivity index (χ3v) is 4.59. The average molecular weight is 401 g/mol. The molecular weight excluding hydrogens is 378 g/mol. The van der Waals surface area contributed by atoms with Crippen molar-refractivity contribution in [3.05, 3.63) is 59.5 Å². The maximum atomic E-state index is 11.3. The summed E-state index contributed by atoms with van der Waals surface area (Å²) in [5.41, 5.74) is 3.64. The van der Waals surface area contributed by atoms with Gasteiger partial charge in [-0.2, -0.15) is 10.1 Å². The zero-order valence-corrected chi connectivity index (χ0v) is 16.8. The van der Waals surface area contributed by atoms with E-state index < -0.39 is 10.0 Å². The van der Waals surface area contributed by atoms with E-state index in [0.29, 0.717) is 12.5 Å². The molecule has 28 heavy (non-hydrogen) atoms. The molecular formula is C18H23N7O2S. The first-order valence-corrected chi connectivity index (χ1v) is 10.5. The van der Waals surface area contributed by atoms with Crippen molar-refractivity contribution in [2.75, 3.05) is 16.9 Å². The van der Waals surface area contributed by atoms with E-state index in [1.165, 1.54) is 0 Å². The summed E-state index contributed by atoms with van der Waals surface area (Å²) in [6.07, 6.45) is 6.44. The van der Waals surface area contributed by atoms with Crippen LogP contribution in [0.25, 0.3) is 0 Å². The van der Waals surface area contributed by atoms with Gasteiger partial charge in [-0.3, -0.25) is 4.68 Å². The molecule has 0 fully saturated rings. The minimum absolute atomic E-state index is 0.262. The highest BCUT2D eigenvalue weighted by Crippen LogP contribution is 2.17. The van der Waals surface area contributed by atoms with E-state index in [1.54, 1.807) is 17.1 Å². The second-order valence-electron chi connectivity index (χ2n) is 6.52. The van der Waals surface area contributed by atoms with Crippen molar-refractivity contribution in [3.63, 3.8) is 0 Å². The van der Waals surface area contributed by atoms with Crippen LogP contribution in [0.2, 0.25) is 0 Å². The van der Waals surface area contributed by atoms with Crippen molar-refractivity contribution in [1.29, 1.82) is 0 Å². The number of anilines is 3. The lowest BCUT2D eigenvalue weighted by molar-refractivity contribution is 0.587. The highest BCUT2D eigenvalue weighted by Gasteiger charge is 2.06. The molecule has 2 aromatic heterocycles. The van der Waals surface area contributed by atoms with Gasteiger partial charge in [0.1, 0.15) is 5.82 Å². The average Bonchev–Trinajstić information content (AvgIpc) is 3.05. The van der Waals surface area contributed by atoms with Crippen LogP contribution in [0.15, 0.2) is 42.9 Å². The van der Waals surface area contributed by atoms with Crippen LogP contribution >= 0.6 is 0 Å². The maximum Gasteiger partial charge on any atom is 0.229 e. The summed E-state index contributed by atoms with van der Waals surface area (Å²) < 4.78 is 26.7. The van der Waals surface area contributed by atoms with Crippen LogP contribution in [0.1, 0.15) is 16.7 Å². The van der Waals surface area contributed by atoms with Gasteiger partial charge in [0, 0.05) is 38.1 Å². The van der Waals surface area contributed by atoms with Crippen molar-refractivity contribution in [2.45, 2.75) is 20.0 Å². The first-order valence-electron chi connectivity index (χ1n) is 8.64. The normalized spacial score (nSPS) is 11.4. The van der Waals surface area contributed by atoms with E-state index in [2.05, 4.69) is 30.4 Å². The van der Waals surface area contributed by atoms with Crippen molar-refractivity contribution in [3.8, 4) is 0 Å². The first-order chi connectivity index (χ1) is 13.3. The summed E-state index contributed by atoms with van der Waals surface area (Å²) >= 11 is 0. The van der Waals surface area contributed by atoms with Crippen molar-refractivity contribution < 1.29 is 8.42 Å². The Labute approximate surface area is 164 Å². The number of rotatable bonds is 8. The Kier molecular flexibility index (Phi) is 5.90. The molecule has 3 rings (SSSR count). The summed E-state index contributed by atoms with van der Waals surface area (Å²) in [6.45, 7) is 2.75. The largest absolute Gasteiger partial charge is 0.366 e. The van der Waals surface area contributed by atoms with Crippen molar-refractivity contribution in [1.82, 2.24) is 24.5 Å². The first kappa shape index (κ1) is 19.8. The second-order valence-corrected chi connectivity index (χ2v) is 8.35. The van der Waals surface area contributed by atoms with Crippen LogP contribution in [-0.2, 0) is 30.2 Å². The Morgan fingerprint density at radius 2 is 1.89 bits per heavy atom. The van der Waals surface area contributed by atoms with Gasteiger partial charge in [0.2, 0.25) is 16.0 Å². The molecule has 9 nitrogen and oxygen atoms in total. The zero-order chi connectivity index (χ0) is 20.1. The van der Waals surface area contributed by atoms with E-state index in [-0.39, 0.29) is 6.54 Å². The number of hydrogen-bond donors (Lipinski definition) is 3. The smallest absolute Gasteiger partial charge is 0.229 e. The van der Waals surface area contributed by atoms with Gasteiger partial charge >= 0.3 is 0 Å². The van der Waals surface area contributed by atoms with Gasteiger partial charge in [-0.05, 0) is 18.1 Å². The minimum atomic E-state index is -3.22. The van der Waals surface area contributed by atoms with E-state index in [1.807, 2.05) is 44.4 Å². The lowest BCUT2D eigenvalue weighted by Gasteiger charge is -2.11. The quantitative estimate of drug-likeness (QED) is 0.528. The van der Waals surface area contributed by atoms with E-state index in [9.17, 15) is 8.42 Å². The lowest BCUT2D eigenvalue weighted by Crippen LogP contribution is -2.21. The van der Waals surface area contributed by atoms with E-state index in [4.69, 9.17) is 0 Å². The predicted octanol–water partition coefficient (Wildman–Crippen LogP) is 1.92. The standard InChI is InChI=1S/C18H23N7O2S/c1-13-8-20-18(23-16-11-21-25(2)12-16)24-17(13)19-9-14-5-4-6-15(7-14)10-22-28(3,26)27/h4-8,11-12,22H,9-10H2,1-3H3,(H2,19,20,23,24). The van der Waals surface area contributed by atoms with Crippen LogP contribution < -0.4 is 15.4 Å². The molecule has 0 radical (unpaired) electrons. The zero-order valence-electron chi connectivity index (χ0n) is 16.0. The number of benzene rings is 1. The SMILES string of the molecule is Cc1cnc(Nc2cnn(C)c2)nc1NCc1cccc(CNS(C)(=O)=O)c1. The van der Waals surface area contributed by atoms with Gasteiger partial charge in [0.15, 0.2) is 0 Å². The summed E-state index contributed by atoms with van der Waals surface area (Å²) in [6, 6.07) is 7.71. The third kappa shape index (κ3) is 5.76. The van der Waals surface area contributed by atoms with Crippen LogP contribution in [0.4, 0.5) is 17.5 Å². The third-order valence-electron chi connectivity index (χ3n) is 3.92. The molecule has 0 unspecified atom stereocenters. The molecule has 148 valence electrons. The molecule has 0 amide bonds. The monoisotopic (exact) mass is 401 g/mol. The number of aryl methyl sites for hydroxylation is 2. The summed E-state index contributed by atoms with van der Waals surface area (Å²) in [4.78, 5) is 8.82. The highest BCUT2D eigenvalue weighted by atomic mass is 32.2. The van der Waals surface area contributed by atoms with Crippen LogP contribution in [0, 0.1) is 6.92 Å². The molecule has 0 aliphatic carbocycles. The molecule has 0 aliphatic rings. The summed E-state index contributed by atoms with van der Waals surface area (Å²) in [7, 11) is -1.38. The molecule has 0 atom stereocenters. The van der Waals surface area contributed by atoms with Gasteiger partial charge in [-0.15, -0.1) is 0 Å². The number of aromatic nitrogens is 4. The van der Waals surface area contributed by atoms with Gasteiger partial charge in [-0.1, -0.05) is 24.3 Å². The molecule has 0 bridgehead atoms. The second kappa shape index (κ2) is 8.36. The van der Waals surface area contributed by atoms with Gasteiger partial charge in [0.05, 0.1) is 18.1 Å². The Bertz CT molecular complexity index is 1060. The number of nitrogens with zero attached hydrogens (tertiary/aromatic N) is 4. The number of nitrogens with one attached hydrogen (secondary N) is 3. The molecule has 0 saturated heterocycles. The minimum Gasteiger partial charge on any atom is -0.366 e. The van der Waals surface area contributed by atoms with Crippen molar-refractivity contribution >= 4 is 27.5 Å². The number of hydrogen-bond acceptors (Lipinski definition) is 7. The van der Waals surface area contributed by atoms with Crippen LogP contribution in [-0.4, -0.2) is 34.4 Å². The fraction of sp³-hybridized carbons (Fsp3) is 0.278. The molecule has 3 N–H and O–H groups in total. The summed E-state index contributed by atoms with van der Waals surface area (Å²) in [5, 5.41) is 10.5. The number of sulfonamides is 1. The predicted molar refractivity (Wildman–Crippen MR) is 109 cm³/mol. The topological polar surface area (TPSA) is 114 Å². The Morgan fingerprint density at radius 3 is 2.57 bits per heavy atom. The highest BCUT2D eigenvalue weighted by molar-refractivity contribution is 7.88. The summed E-state index contributed by atoms with van der Waals surface area (Å²) in [5.74, 6) is 1.20. The molecule has 10 heteroatoms. The molecule has 2 heterocycles.